The molecule has 0 spiro atoms. The van der Waals surface area contributed by atoms with Crippen molar-refractivity contribution in [1.29, 1.82) is 0 Å². The van der Waals surface area contributed by atoms with Gasteiger partial charge in [0.25, 0.3) is 0 Å². The normalized spacial score (nSPS) is 16.7. The fourth-order valence-corrected chi connectivity index (χ4v) is 5.92. The number of aromatic nitrogens is 1. The van der Waals surface area contributed by atoms with Gasteiger partial charge in [-0.05, 0) is 75.9 Å². The van der Waals surface area contributed by atoms with E-state index in [2.05, 4.69) is 98.4 Å². The third kappa shape index (κ3) is 7.17. The summed E-state index contributed by atoms with van der Waals surface area (Å²) in [4.78, 5) is 25.4. The first-order valence-electron chi connectivity index (χ1n) is 15.4. The molecule has 0 bridgehead atoms. The van der Waals surface area contributed by atoms with Gasteiger partial charge in [0.05, 0.1) is 22.9 Å². The van der Waals surface area contributed by atoms with Gasteiger partial charge >= 0.3 is 6.03 Å². The van der Waals surface area contributed by atoms with Gasteiger partial charge in [0.2, 0.25) is 11.9 Å². The number of nitrogens with one attached hydrogen (secondary N) is 2. The van der Waals surface area contributed by atoms with E-state index in [1.165, 1.54) is 0 Å². The maximum Gasteiger partial charge on any atom is 0.316 e. The van der Waals surface area contributed by atoms with Crippen LogP contribution in [-0.2, 0) is 0 Å². The number of amides is 2. The summed E-state index contributed by atoms with van der Waals surface area (Å²) in [5, 5.41) is 6.15. The zero-order valence-corrected chi connectivity index (χ0v) is 26.7. The summed E-state index contributed by atoms with van der Waals surface area (Å²) in [6, 6.07) is 17.8. The standard InChI is InChI=1S/C37H42N6O2/c1-7-25(4)21-42(6)34-15-11-10-13-29(34)27-16-19-35-30-14-9-8-12-26(5)39-32-20-28(40-37(38)44)17-18-31(32)36(24(2)3)41-33(30)23-45-43(35)22-27/h7,10-11,13,15-22,30,39H,1,5,8-9,12,14,23H2,2-4,6H3,(H2-,38,40,44)/p+1/b25-21-,41-33?. The zero-order chi connectivity index (χ0) is 32.1. The number of hydrogen-bond donors (Lipinski definition) is 3. The highest BCUT2D eigenvalue weighted by Gasteiger charge is 2.35. The molecule has 0 saturated heterocycles. The van der Waals surface area contributed by atoms with Crippen molar-refractivity contribution >= 4 is 34.5 Å². The van der Waals surface area contributed by atoms with E-state index in [1.54, 1.807) is 0 Å². The number of primary amides is 1. The quantitative estimate of drug-likeness (QED) is 0.207. The molecule has 4 N–H and O–H groups in total. The van der Waals surface area contributed by atoms with Crippen LogP contribution < -0.4 is 30.8 Å². The Morgan fingerprint density at radius 1 is 1.13 bits per heavy atom. The summed E-state index contributed by atoms with van der Waals surface area (Å²) in [6.45, 7) is 14.7. The van der Waals surface area contributed by atoms with Crippen molar-refractivity contribution in [2.45, 2.75) is 52.4 Å². The average molecular weight is 604 g/mol. The SMILES string of the molecule is C=C/C(C)=C\N(C)c1ccccc1-c1ccc2[n+](c1)OCC1=NC(=C(C)C)c3ccc(NC(N)=O)cc3NC(=C)CCCCC12. The predicted octanol–water partition coefficient (Wildman–Crippen LogP) is 7.58. The minimum absolute atomic E-state index is 0.0955. The van der Waals surface area contributed by atoms with Gasteiger partial charge in [-0.25, -0.2) is 4.79 Å². The molecule has 0 saturated carbocycles. The lowest BCUT2D eigenvalue weighted by Crippen LogP contribution is -2.54. The fraction of sp³-hybridized carbons (Fsp3) is 0.270. The van der Waals surface area contributed by atoms with Crippen molar-refractivity contribution in [3.05, 3.63) is 114 Å². The Hall–Kier alpha value is -5.11. The van der Waals surface area contributed by atoms with Gasteiger partial charge in [-0.3, -0.25) is 9.83 Å². The highest BCUT2D eigenvalue weighted by molar-refractivity contribution is 5.98. The van der Waals surface area contributed by atoms with Crippen molar-refractivity contribution < 1.29 is 14.4 Å². The molecule has 2 aliphatic heterocycles. The fourth-order valence-electron chi connectivity index (χ4n) is 5.92. The second-order valence-electron chi connectivity index (χ2n) is 11.9. The number of aliphatic imine (C=N–C) groups is 1. The monoisotopic (exact) mass is 603 g/mol. The molecule has 2 aromatic carbocycles. The molecule has 0 aliphatic carbocycles. The molecule has 5 rings (SSSR count). The van der Waals surface area contributed by atoms with E-state index >= 15 is 0 Å². The third-order valence-electron chi connectivity index (χ3n) is 8.17. The van der Waals surface area contributed by atoms with Crippen molar-refractivity contribution in [2.24, 2.45) is 10.7 Å². The second kappa shape index (κ2) is 13.7. The first-order chi connectivity index (χ1) is 21.6. The third-order valence-corrected chi connectivity index (χ3v) is 8.17. The van der Waals surface area contributed by atoms with Crippen LogP contribution in [0.5, 0.6) is 0 Å². The van der Waals surface area contributed by atoms with Crippen molar-refractivity contribution in [3.63, 3.8) is 0 Å². The van der Waals surface area contributed by atoms with Crippen molar-refractivity contribution in [3.8, 4) is 11.1 Å². The number of fused-ring (bicyclic) bond motifs is 4. The van der Waals surface area contributed by atoms with Crippen LogP contribution in [0.3, 0.4) is 0 Å². The lowest BCUT2D eigenvalue weighted by molar-refractivity contribution is -0.896. The lowest BCUT2D eigenvalue weighted by atomic mass is 9.90. The summed E-state index contributed by atoms with van der Waals surface area (Å²) < 4.78 is 1.94. The van der Waals surface area contributed by atoms with Gasteiger partial charge in [0, 0.05) is 57.9 Å². The van der Waals surface area contributed by atoms with Crippen LogP contribution in [0.25, 0.3) is 16.8 Å². The Kier molecular flexibility index (Phi) is 9.52. The number of rotatable bonds is 5. The predicted molar refractivity (Wildman–Crippen MR) is 185 cm³/mol. The van der Waals surface area contributed by atoms with Gasteiger partial charge in [-0.15, -0.1) is 0 Å². The molecule has 3 aromatic rings. The number of benzene rings is 2. The maximum atomic E-state index is 11.6. The summed E-state index contributed by atoms with van der Waals surface area (Å²) in [6.07, 6.45) is 9.80. The number of pyridine rings is 1. The second-order valence-corrected chi connectivity index (χ2v) is 11.9. The van der Waals surface area contributed by atoms with E-state index in [-0.39, 0.29) is 5.92 Å². The molecule has 1 atom stereocenters. The van der Waals surface area contributed by atoms with Crippen LogP contribution in [0, 0.1) is 0 Å². The number of allylic oxidation sites excluding steroid dienone is 4. The summed E-state index contributed by atoms with van der Waals surface area (Å²) in [5.74, 6) is 0.0955. The van der Waals surface area contributed by atoms with Crippen LogP contribution in [0.1, 0.15) is 63.6 Å². The summed E-state index contributed by atoms with van der Waals surface area (Å²) >= 11 is 0. The van der Waals surface area contributed by atoms with Crippen LogP contribution in [0.4, 0.5) is 21.9 Å². The highest BCUT2D eigenvalue weighted by atomic mass is 16.7. The highest BCUT2D eigenvalue weighted by Crippen LogP contribution is 2.36. The topological polar surface area (TPSA) is 95.9 Å². The van der Waals surface area contributed by atoms with E-state index < -0.39 is 6.03 Å². The van der Waals surface area contributed by atoms with Gasteiger partial charge < -0.3 is 21.3 Å². The lowest BCUT2D eigenvalue weighted by Gasteiger charge is -2.24. The molecule has 8 heteroatoms. The van der Waals surface area contributed by atoms with Crippen LogP contribution in [0.2, 0.25) is 0 Å². The Bertz CT molecular complexity index is 1730. The van der Waals surface area contributed by atoms with Crippen molar-refractivity contribution in [1.82, 2.24) is 0 Å². The smallest absolute Gasteiger partial charge is 0.316 e. The Morgan fingerprint density at radius 2 is 1.93 bits per heavy atom. The van der Waals surface area contributed by atoms with Crippen molar-refractivity contribution in [2.75, 3.05) is 29.2 Å². The number of nitrogens with two attached hydrogens (primary N) is 1. The number of carbonyl (C=O) groups is 1. The molecule has 232 valence electrons. The number of para-hydroxylation sites is 1. The first kappa shape index (κ1) is 31.3. The molecule has 2 aliphatic rings. The van der Waals surface area contributed by atoms with Crippen LogP contribution >= 0.6 is 0 Å². The van der Waals surface area contributed by atoms with E-state index in [1.807, 2.05) is 35.9 Å². The molecule has 1 aromatic heterocycles. The van der Waals surface area contributed by atoms with E-state index in [0.29, 0.717) is 12.3 Å². The maximum absolute atomic E-state index is 11.6. The molecule has 8 nitrogen and oxygen atoms in total. The van der Waals surface area contributed by atoms with E-state index in [4.69, 9.17) is 15.6 Å². The largest absolute Gasteiger partial charge is 0.359 e. The molecular weight excluding hydrogens is 560 g/mol. The molecule has 3 heterocycles. The molecule has 1 unspecified atom stereocenters. The minimum atomic E-state index is -0.610. The van der Waals surface area contributed by atoms with Crippen LogP contribution in [0.15, 0.2) is 108 Å². The van der Waals surface area contributed by atoms with Gasteiger partial charge in [-0.1, -0.05) is 49.4 Å². The zero-order valence-electron chi connectivity index (χ0n) is 26.7. The van der Waals surface area contributed by atoms with Gasteiger partial charge in [0.15, 0.2) is 6.61 Å². The Labute approximate surface area is 266 Å². The van der Waals surface area contributed by atoms with Gasteiger partial charge in [-0.2, -0.15) is 0 Å². The number of anilines is 3. The average Bonchev–Trinajstić information content (AvgIpc) is 3.01. The summed E-state index contributed by atoms with van der Waals surface area (Å²) in [5.41, 5.74) is 17.0. The first-order valence-corrected chi connectivity index (χ1v) is 15.4. The molecule has 2 amide bonds. The van der Waals surface area contributed by atoms with E-state index in [9.17, 15) is 4.79 Å². The molecule has 0 radical (unpaired) electrons. The van der Waals surface area contributed by atoms with Crippen LogP contribution in [-0.4, -0.2) is 25.4 Å². The minimum Gasteiger partial charge on any atom is -0.359 e. The summed E-state index contributed by atoms with van der Waals surface area (Å²) in [7, 11) is 2.06. The molecule has 0 fully saturated rings. The number of nitrogens with zero attached hydrogens (tertiary/aromatic N) is 3. The number of hydrogen-bond acceptors (Lipinski definition) is 5. The Balaban J connectivity index is 1.56. The van der Waals surface area contributed by atoms with E-state index in [0.717, 1.165) is 87.7 Å². The molecular formula is C37H43N6O2+. The Morgan fingerprint density at radius 3 is 2.69 bits per heavy atom. The number of urea groups is 1. The molecule has 45 heavy (non-hydrogen) atoms. The number of carbonyl (C=O) groups excluding carboxylic acids is 1. The van der Waals surface area contributed by atoms with Gasteiger partial charge in [0.1, 0.15) is 0 Å².